The van der Waals surface area contributed by atoms with E-state index in [1.54, 1.807) is 19.2 Å². The minimum Gasteiger partial charge on any atom is -0.495 e. The lowest BCUT2D eigenvalue weighted by molar-refractivity contribution is -0.113. The largest absolute Gasteiger partial charge is 0.495 e. The lowest BCUT2D eigenvalue weighted by Crippen LogP contribution is -2.29. The average molecular weight is 522 g/mol. The Morgan fingerprint density at radius 1 is 1.18 bits per heavy atom. The predicted molar refractivity (Wildman–Crippen MR) is 135 cm³/mol. The molecule has 2 amide bonds. The number of carbonyl (C=O) groups is 2. The Morgan fingerprint density at radius 2 is 1.94 bits per heavy atom. The molecule has 0 aliphatic rings. The third-order valence-electron chi connectivity index (χ3n) is 4.93. The molecular weight excluding hydrogens is 497 g/mol. The molecule has 1 atom stereocenters. The molecule has 0 bridgehead atoms. The van der Waals surface area contributed by atoms with E-state index in [0.717, 1.165) is 5.56 Å². The van der Waals surface area contributed by atoms with Crippen molar-refractivity contribution in [1.29, 1.82) is 0 Å². The molecule has 2 aromatic carbocycles. The molecule has 0 unspecified atom stereocenters. The fourth-order valence-corrected chi connectivity index (χ4v) is 4.58. The molecule has 3 aromatic rings. The summed E-state index contributed by atoms with van der Waals surface area (Å²) in [4.78, 5) is 25.2. The van der Waals surface area contributed by atoms with Gasteiger partial charge in [-0.05, 0) is 56.7 Å². The van der Waals surface area contributed by atoms with Crippen LogP contribution in [-0.2, 0) is 11.3 Å². The third-order valence-corrected chi connectivity index (χ3v) is 6.45. The number of nitrogens with one attached hydrogen (secondary N) is 2. The maximum absolute atomic E-state index is 12.7. The van der Waals surface area contributed by atoms with Gasteiger partial charge in [-0.15, -0.1) is 10.2 Å². The van der Waals surface area contributed by atoms with Crippen molar-refractivity contribution in [3.05, 3.63) is 63.4 Å². The molecule has 34 heavy (non-hydrogen) atoms. The van der Waals surface area contributed by atoms with Crippen LogP contribution in [-0.4, -0.2) is 39.4 Å². The van der Waals surface area contributed by atoms with Crippen LogP contribution in [0.15, 0.2) is 41.6 Å². The Kier molecular flexibility index (Phi) is 8.82. The lowest BCUT2D eigenvalue weighted by atomic mass is 10.2. The van der Waals surface area contributed by atoms with Crippen molar-refractivity contribution in [1.82, 2.24) is 20.1 Å². The van der Waals surface area contributed by atoms with Crippen molar-refractivity contribution in [3.8, 4) is 5.75 Å². The number of rotatable bonds is 9. The van der Waals surface area contributed by atoms with E-state index < -0.39 is 6.04 Å². The van der Waals surface area contributed by atoms with E-state index in [0.29, 0.717) is 39.5 Å². The Hall–Kier alpha value is -2.75. The first-order valence-corrected chi connectivity index (χ1v) is 12.2. The van der Waals surface area contributed by atoms with Gasteiger partial charge in [-0.1, -0.05) is 41.0 Å². The number of hydrogen-bond acceptors (Lipinski definition) is 6. The topological polar surface area (TPSA) is 98.1 Å². The van der Waals surface area contributed by atoms with Crippen molar-refractivity contribution in [2.45, 2.75) is 38.5 Å². The summed E-state index contributed by atoms with van der Waals surface area (Å²) in [6, 6.07) is 9.83. The molecule has 0 aliphatic heterocycles. The molecule has 0 fully saturated rings. The number of benzene rings is 2. The monoisotopic (exact) mass is 521 g/mol. The summed E-state index contributed by atoms with van der Waals surface area (Å²) in [5, 5.41) is 15.5. The number of aromatic nitrogens is 3. The van der Waals surface area contributed by atoms with Gasteiger partial charge >= 0.3 is 0 Å². The average Bonchev–Trinajstić information content (AvgIpc) is 3.21. The van der Waals surface area contributed by atoms with E-state index in [-0.39, 0.29) is 22.6 Å². The molecule has 8 nitrogen and oxygen atoms in total. The van der Waals surface area contributed by atoms with E-state index in [1.807, 2.05) is 43.5 Å². The Balaban J connectivity index is 1.66. The van der Waals surface area contributed by atoms with Gasteiger partial charge in [0, 0.05) is 11.6 Å². The van der Waals surface area contributed by atoms with E-state index in [9.17, 15) is 9.59 Å². The second-order valence-electron chi connectivity index (χ2n) is 7.44. The SMILES string of the molecule is CCn1c(SCC(=O)Nc2cc(C)ccc2OC)nnc1[C@H](C)NC(=O)c1ccc(Cl)cc1Cl. The molecule has 0 spiro atoms. The summed E-state index contributed by atoms with van der Waals surface area (Å²) in [6.45, 7) is 6.26. The minimum atomic E-state index is -0.438. The molecule has 2 N–H and O–H groups in total. The maximum Gasteiger partial charge on any atom is 0.253 e. The van der Waals surface area contributed by atoms with Crippen molar-refractivity contribution < 1.29 is 14.3 Å². The Labute approximate surface area is 212 Å². The van der Waals surface area contributed by atoms with Gasteiger partial charge in [0.15, 0.2) is 11.0 Å². The van der Waals surface area contributed by atoms with E-state index in [1.165, 1.54) is 17.8 Å². The minimum absolute atomic E-state index is 0.135. The van der Waals surface area contributed by atoms with Crippen LogP contribution in [0.3, 0.4) is 0 Å². The Morgan fingerprint density at radius 3 is 2.62 bits per heavy atom. The number of aryl methyl sites for hydroxylation is 1. The summed E-state index contributed by atoms with van der Waals surface area (Å²) < 4.78 is 7.17. The molecule has 11 heteroatoms. The first-order valence-electron chi connectivity index (χ1n) is 10.5. The summed E-state index contributed by atoms with van der Waals surface area (Å²) in [5.74, 6) is 0.758. The molecule has 0 aliphatic carbocycles. The van der Waals surface area contributed by atoms with Gasteiger partial charge in [-0.3, -0.25) is 9.59 Å². The van der Waals surface area contributed by atoms with E-state index >= 15 is 0 Å². The zero-order valence-electron chi connectivity index (χ0n) is 19.2. The van der Waals surface area contributed by atoms with Crippen LogP contribution in [0, 0.1) is 6.92 Å². The molecule has 0 saturated carbocycles. The first kappa shape index (κ1) is 25.9. The first-order chi connectivity index (χ1) is 16.2. The molecular formula is C23H25Cl2N5O3S. The fourth-order valence-electron chi connectivity index (χ4n) is 3.27. The van der Waals surface area contributed by atoms with Crippen LogP contribution in [0.1, 0.15) is 41.6 Å². The molecule has 3 rings (SSSR count). The van der Waals surface area contributed by atoms with Gasteiger partial charge in [-0.2, -0.15) is 0 Å². The number of nitrogens with zero attached hydrogens (tertiary/aromatic N) is 3. The van der Waals surface area contributed by atoms with Crippen LogP contribution in [0.2, 0.25) is 10.0 Å². The summed E-state index contributed by atoms with van der Waals surface area (Å²) in [7, 11) is 1.56. The summed E-state index contributed by atoms with van der Waals surface area (Å²) >= 11 is 13.3. The Bertz CT molecular complexity index is 1200. The number of amides is 2. The van der Waals surface area contributed by atoms with Crippen LogP contribution < -0.4 is 15.4 Å². The molecule has 0 saturated heterocycles. The number of methoxy groups -OCH3 is 1. The van der Waals surface area contributed by atoms with Crippen molar-refractivity contribution in [2.75, 3.05) is 18.2 Å². The van der Waals surface area contributed by atoms with Crippen LogP contribution in [0.5, 0.6) is 5.75 Å². The number of carbonyl (C=O) groups excluding carboxylic acids is 2. The van der Waals surface area contributed by atoms with Crippen molar-refractivity contribution in [2.24, 2.45) is 0 Å². The highest BCUT2D eigenvalue weighted by molar-refractivity contribution is 7.99. The molecule has 0 radical (unpaired) electrons. The highest BCUT2D eigenvalue weighted by atomic mass is 35.5. The summed E-state index contributed by atoms with van der Waals surface area (Å²) in [5.41, 5.74) is 1.94. The van der Waals surface area contributed by atoms with Gasteiger partial charge < -0.3 is 19.9 Å². The van der Waals surface area contributed by atoms with Gasteiger partial charge in [0.1, 0.15) is 5.75 Å². The number of thioether (sulfide) groups is 1. The molecule has 1 heterocycles. The smallest absolute Gasteiger partial charge is 0.253 e. The standard InChI is InChI=1S/C23H25Cl2N5O3S/c1-5-30-21(14(3)26-22(32)16-8-7-15(24)11-17(16)25)28-29-23(30)34-12-20(31)27-18-10-13(2)6-9-19(18)33-4/h6-11,14H,5,12H2,1-4H3,(H,26,32)(H,27,31)/t14-/m0/s1. The number of halogens is 2. The van der Waals surface area contributed by atoms with Crippen LogP contribution in [0.25, 0.3) is 0 Å². The van der Waals surface area contributed by atoms with Gasteiger partial charge in [-0.25, -0.2) is 0 Å². The fraction of sp³-hybridized carbons (Fsp3) is 0.304. The van der Waals surface area contributed by atoms with Crippen molar-refractivity contribution >= 4 is 52.5 Å². The zero-order chi connectivity index (χ0) is 24.8. The van der Waals surface area contributed by atoms with E-state index in [4.69, 9.17) is 27.9 Å². The van der Waals surface area contributed by atoms with E-state index in [2.05, 4.69) is 20.8 Å². The van der Waals surface area contributed by atoms with Gasteiger partial charge in [0.2, 0.25) is 5.91 Å². The normalized spacial score (nSPS) is 11.7. The molecule has 180 valence electrons. The second-order valence-corrected chi connectivity index (χ2v) is 9.23. The van der Waals surface area contributed by atoms with Crippen LogP contribution in [0.4, 0.5) is 5.69 Å². The highest BCUT2D eigenvalue weighted by Gasteiger charge is 2.21. The lowest BCUT2D eigenvalue weighted by Gasteiger charge is -2.16. The quantitative estimate of drug-likeness (QED) is 0.378. The summed E-state index contributed by atoms with van der Waals surface area (Å²) in [6.07, 6.45) is 0. The highest BCUT2D eigenvalue weighted by Crippen LogP contribution is 2.27. The predicted octanol–water partition coefficient (Wildman–Crippen LogP) is 5.14. The maximum atomic E-state index is 12.7. The number of hydrogen-bond donors (Lipinski definition) is 2. The third kappa shape index (κ3) is 6.22. The molecule has 1 aromatic heterocycles. The number of ether oxygens (including phenoxy) is 1. The number of anilines is 1. The van der Waals surface area contributed by atoms with Crippen LogP contribution >= 0.6 is 35.0 Å². The van der Waals surface area contributed by atoms with Crippen molar-refractivity contribution in [3.63, 3.8) is 0 Å². The second kappa shape index (κ2) is 11.6. The van der Waals surface area contributed by atoms with Gasteiger partial charge in [0.05, 0.1) is 35.2 Å². The zero-order valence-corrected chi connectivity index (χ0v) is 21.5. The van der Waals surface area contributed by atoms with Gasteiger partial charge in [0.25, 0.3) is 5.91 Å².